The molecular weight excluding hydrogens is 287 g/mol. The molecule has 22 heavy (non-hydrogen) atoms. The maximum Gasteiger partial charge on any atom is 0.224 e. The number of halogens is 1. The van der Waals surface area contributed by atoms with E-state index in [9.17, 15) is 9.50 Å². The minimum atomic E-state index is -0.799. The van der Waals surface area contributed by atoms with Crippen LogP contribution in [0.25, 0.3) is 0 Å². The van der Waals surface area contributed by atoms with Gasteiger partial charge in [-0.1, -0.05) is 12.2 Å². The lowest BCUT2D eigenvalue weighted by molar-refractivity contribution is 0.248. The van der Waals surface area contributed by atoms with Crippen molar-refractivity contribution in [1.29, 1.82) is 0 Å². The largest absolute Gasteiger partial charge is 0.396 e. The molecule has 1 saturated heterocycles. The zero-order valence-corrected chi connectivity index (χ0v) is 12.1. The van der Waals surface area contributed by atoms with Crippen molar-refractivity contribution in [2.75, 3.05) is 47.2 Å². The van der Waals surface area contributed by atoms with Gasteiger partial charge in [-0.25, -0.2) is 4.39 Å². The van der Waals surface area contributed by atoms with Gasteiger partial charge in [0.1, 0.15) is 11.9 Å². The molecule has 3 aliphatic rings. The number of anilines is 4. The number of nitrogen functional groups attached to an aromatic ring is 1. The first-order chi connectivity index (χ1) is 10.7. The van der Waals surface area contributed by atoms with Crippen LogP contribution in [0.2, 0.25) is 0 Å². The van der Waals surface area contributed by atoms with Gasteiger partial charge in [0.2, 0.25) is 5.95 Å². The molecule has 2 atom stereocenters. The number of nitrogens with zero attached hydrogens (tertiary/aromatic N) is 4. The van der Waals surface area contributed by atoms with Crippen LogP contribution in [0.1, 0.15) is 6.42 Å². The van der Waals surface area contributed by atoms with Crippen LogP contribution in [0.4, 0.5) is 27.7 Å². The standard InChI is InChI=1S/C14H19FN6O/c15-9-4-20(5-9)12-11-13(19-14(16)18-12)21(7-17-11)10-2-1-8(3-10)6-22/h1-2,8-10,17,22H,3-7H2,(H2,16,18,19)/t8-,10+/m1/s1. The van der Waals surface area contributed by atoms with Crippen LogP contribution >= 0.6 is 0 Å². The predicted molar refractivity (Wildman–Crippen MR) is 82.6 cm³/mol. The third-order valence-electron chi connectivity index (χ3n) is 4.51. The summed E-state index contributed by atoms with van der Waals surface area (Å²) in [5.41, 5.74) is 6.66. The summed E-state index contributed by atoms with van der Waals surface area (Å²) in [6, 6.07) is 0.179. The molecule has 118 valence electrons. The van der Waals surface area contributed by atoms with Gasteiger partial charge in [0.15, 0.2) is 11.6 Å². The number of alkyl halides is 1. The van der Waals surface area contributed by atoms with Gasteiger partial charge in [-0.3, -0.25) is 0 Å². The number of nitrogens with one attached hydrogen (secondary N) is 1. The Kier molecular flexibility index (Phi) is 3.07. The van der Waals surface area contributed by atoms with Crippen molar-refractivity contribution in [3.05, 3.63) is 12.2 Å². The Balaban J connectivity index is 1.63. The Labute approximate surface area is 127 Å². The zero-order chi connectivity index (χ0) is 15.3. The predicted octanol–water partition coefficient (Wildman–Crippen LogP) is 0.343. The quantitative estimate of drug-likeness (QED) is 0.694. The number of hydrogen-bond acceptors (Lipinski definition) is 7. The molecule has 1 aliphatic carbocycles. The molecule has 1 fully saturated rings. The van der Waals surface area contributed by atoms with Crippen LogP contribution in [0.15, 0.2) is 12.2 Å². The second kappa shape index (κ2) is 4.98. The summed E-state index contributed by atoms with van der Waals surface area (Å²) in [7, 11) is 0. The van der Waals surface area contributed by atoms with E-state index in [1.807, 2.05) is 11.0 Å². The number of aromatic nitrogens is 2. The molecular formula is C14H19FN6O. The fraction of sp³-hybridized carbons (Fsp3) is 0.571. The van der Waals surface area contributed by atoms with Gasteiger partial charge in [-0.05, 0) is 6.42 Å². The highest BCUT2D eigenvalue weighted by molar-refractivity contribution is 5.84. The summed E-state index contributed by atoms with van der Waals surface area (Å²) in [5, 5.41) is 12.6. The second-order valence-corrected chi connectivity index (χ2v) is 6.04. The first kappa shape index (κ1) is 13.6. The van der Waals surface area contributed by atoms with Crippen LogP contribution in [0.3, 0.4) is 0 Å². The van der Waals surface area contributed by atoms with E-state index in [1.54, 1.807) is 0 Å². The van der Waals surface area contributed by atoms with Crippen LogP contribution in [0, 0.1) is 5.92 Å². The molecule has 0 radical (unpaired) electrons. The van der Waals surface area contributed by atoms with Gasteiger partial charge in [0.05, 0.1) is 25.8 Å². The summed E-state index contributed by atoms with van der Waals surface area (Å²) in [5.74, 6) is 1.83. The minimum absolute atomic E-state index is 0.157. The summed E-state index contributed by atoms with van der Waals surface area (Å²) < 4.78 is 13.1. The van der Waals surface area contributed by atoms with Gasteiger partial charge in [0.25, 0.3) is 0 Å². The van der Waals surface area contributed by atoms with E-state index in [0.717, 1.165) is 17.9 Å². The van der Waals surface area contributed by atoms with Gasteiger partial charge in [-0.2, -0.15) is 9.97 Å². The monoisotopic (exact) mass is 306 g/mol. The van der Waals surface area contributed by atoms with Crippen LogP contribution in [-0.2, 0) is 0 Å². The van der Waals surface area contributed by atoms with Crippen molar-refractivity contribution in [3.63, 3.8) is 0 Å². The summed E-state index contributed by atoms with van der Waals surface area (Å²) in [6.07, 6.45) is 4.19. The Morgan fingerprint density at radius 3 is 2.77 bits per heavy atom. The third-order valence-corrected chi connectivity index (χ3v) is 4.51. The number of nitrogens with two attached hydrogens (primary N) is 1. The smallest absolute Gasteiger partial charge is 0.224 e. The van der Waals surface area contributed by atoms with Crippen molar-refractivity contribution >= 4 is 23.3 Å². The molecule has 3 heterocycles. The normalized spacial score (nSPS) is 27.0. The lowest BCUT2D eigenvalue weighted by atomic mass is 10.1. The van der Waals surface area contributed by atoms with Gasteiger partial charge < -0.3 is 26.0 Å². The van der Waals surface area contributed by atoms with E-state index in [2.05, 4.69) is 26.3 Å². The fourth-order valence-corrected chi connectivity index (χ4v) is 3.28. The van der Waals surface area contributed by atoms with Gasteiger partial charge in [0, 0.05) is 12.5 Å². The fourth-order valence-electron chi connectivity index (χ4n) is 3.28. The molecule has 4 rings (SSSR count). The van der Waals surface area contributed by atoms with Crippen molar-refractivity contribution < 1.29 is 9.50 Å². The first-order valence-corrected chi connectivity index (χ1v) is 7.52. The number of rotatable bonds is 3. The van der Waals surface area contributed by atoms with Crippen molar-refractivity contribution in [2.45, 2.75) is 18.6 Å². The minimum Gasteiger partial charge on any atom is -0.396 e. The lowest BCUT2D eigenvalue weighted by Crippen LogP contribution is -2.49. The molecule has 0 spiro atoms. The number of aliphatic hydroxyl groups excluding tert-OH is 1. The highest BCUT2D eigenvalue weighted by Gasteiger charge is 2.36. The summed E-state index contributed by atoms with van der Waals surface area (Å²) in [4.78, 5) is 12.6. The van der Waals surface area contributed by atoms with E-state index in [4.69, 9.17) is 5.73 Å². The highest BCUT2D eigenvalue weighted by atomic mass is 19.1. The van der Waals surface area contributed by atoms with Gasteiger partial charge in [-0.15, -0.1) is 0 Å². The van der Waals surface area contributed by atoms with E-state index >= 15 is 0 Å². The molecule has 4 N–H and O–H groups in total. The highest BCUT2D eigenvalue weighted by Crippen LogP contribution is 2.41. The van der Waals surface area contributed by atoms with E-state index in [-0.39, 0.29) is 24.5 Å². The Bertz CT molecular complexity index is 618. The maximum atomic E-state index is 13.1. The topological polar surface area (TPSA) is 90.5 Å². The van der Waals surface area contributed by atoms with E-state index in [0.29, 0.717) is 25.6 Å². The molecule has 8 heteroatoms. The third kappa shape index (κ3) is 2.06. The molecule has 0 bridgehead atoms. The van der Waals surface area contributed by atoms with Crippen molar-refractivity contribution in [3.8, 4) is 0 Å². The van der Waals surface area contributed by atoms with E-state index in [1.165, 1.54) is 0 Å². The summed E-state index contributed by atoms with van der Waals surface area (Å²) >= 11 is 0. The zero-order valence-electron chi connectivity index (χ0n) is 12.1. The van der Waals surface area contributed by atoms with Crippen LogP contribution in [0.5, 0.6) is 0 Å². The number of fused-ring (bicyclic) bond motifs is 1. The van der Waals surface area contributed by atoms with Crippen LogP contribution in [-0.4, -0.2) is 53.7 Å². The Morgan fingerprint density at radius 2 is 2.09 bits per heavy atom. The molecule has 7 nitrogen and oxygen atoms in total. The molecule has 1 aromatic rings. The lowest BCUT2D eigenvalue weighted by Gasteiger charge is -2.36. The molecule has 1 aromatic heterocycles. The Morgan fingerprint density at radius 1 is 1.32 bits per heavy atom. The first-order valence-electron chi connectivity index (χ1n) is 7.52. The van der Waals surface area contributed by atoms with Crippen molar-refractivity contribution in [1.82, 2.24) is 9.97 Å². The SMILES string of the molecule is Nc1nc(N2CC(F)C2)c2c(n1)N([C@H]1C=C[C@@H](CO)C1)CN2. The molecule has 0 aromatic carbocycles. The maximum absolute atomic E-state index is 13.1. The van der Waals surface area contributed by atoms with Crippen molar-refractivity contribution in [2.24, 2.45) is 5.92 Å². The second-order valence-electron chi connectivity index (χ2n) is 6.04. The molecule has 0 unspecified atom stereocenters. The average Bonchev–Trinajstić information content (AvgIpc) is 3.08. The summed E-state index contributed by atoms with van der Waals surface area (Å²) in [6.45, 7) is 1.46. The molecule has 0 saturated carbocycles. The Hall–Kier alpha value is -2.09. The van der Waals surface area contributed by atoms with Gasteiger partial charge >= 0.3 is 0 Å². The average molecular weight is 306 g/mol. The molecule has 0 amide bonds. The number of aliphatic hydroxyl groups is 1. The number of hydrogen-bond donors (Lipinski definition) is 3. The van der Waals surface area contributed by atoms with Crippen LogP contribution < -0.4 is 20.9 Å². The molecule has 2 aliphatic heterocycles. The van der Waals surface area contributed by atoms with E-state index < -0.39 is 6.17 Å².